The molecule has 3 aromatic rings. The van der Waals surface area contributed by atoms with Gasteiger partial charge in [-0.1, -0.05) is 37.3 Å². The predicted octanol–water partition coefficient (Wildman–Crippen LogP) is 3.31. The van der Waals surface area contributed by atoms with Crippen molar-refractivity contribution in [3.8, 4) is 0 Å². The number of carbonyl (C=O) groups is 2. The van der Waals surface area contributed by atoms with E-state index in [-0.39, 0.29) is 5.69 Å². The standard InChI is InChI=1S/C19H19N3O3/c1-3-13-8-10-14(11-9-13)20-18(23)12(2)25-19(24)17-15-6-4-5-7-16(15)21-22-17/h4-12H,3H2,1-2H3,(H,20,23)(H,21,22)/t12-/m1/s1. The van der Waals surface area contributed by atoms with E-state index >= 15 is 0 Å². The minimum Gasteiger partial charge on any atom is -0.448 e. The number of hydrogen-bond donors (Lipinski definition) is 2. The van der Waals surface area contributed by atoms with Gasteiger partial charge in [0.25, 0.3) is 5.91 Å². The van der Waals surface area contributed by atoms with E-state index in [4.69, 9.17) is 4.74 Å². The van der Waals surface area contributed by atoms with Gasteiger partial charge >= 0.3 is 5.97 Å². The van der Waals surface area contributed by atoms with Crippen molar-refractivity contribution in [3.05, 3.63) is 59.8 Å². The van der Waals surface area contributed by atoms with Crippen LogP contribution in [0.2, 0.25) is 0 Å². The molecule has 0 aliphatic rings. The summed E-state index contributed by atoms with van der Waals surface area (Å²) in [6.45, 7) is 3.59. The molecule has 3 rings (SSSR count). The average molecular weight is 337 g/mol. The lowest BCUT2D eigenvalue weighted by Gasteiger charge is -2.13. The molecular formula is C19H19N3O3. The van der Waals surface area contributed by atoms with E-state index in [0.29, 0.717) is 11.1 Å². The van der Waals surface area contributed by atoms with Crippen LogP contribution < -0.4 is 5.32 Å². The number of anilines is 1. The third-order valence-electron chi connectivity index (χ3n) is 3.95. The SMILES string of the molecule is CCc1ccc(NC(=O)[C@@H](C)OC(=O)c2n[nH]c3ccccc23)cc1. The van der Waals surface area contributed by atoms with Crippen LogP contribution in [0.5, 0.6) is 0 Å². The van der Waals surface area contributed by atoms with Crippen molar-refractivity contribution in [2.24, 2.45) is 0 Å². The number of fused-ring (bicyclic) bond motifs is 1. The molecule has 6 heteroatoms. The maximum absolute atomic E-state index is 12.3. The molecule has 0 saturated heterocycles. The first-order valence-electron chi connectivity index (χ1n) is 8.12. The first-order valence-corrected chi connectivity index (χ1v) is 8.12. The van der Waals surface area contributed by atoms with Crippen LogP contribution in [0.1, 0.15) is 29.9 Å². The van der Waals surface area contributed by atoms with Gasteiger partial charge in [0.05, 0.1) is 5.52 Å². The fourth-order valence-electron chi connectivity index (χ4n) is 2.46. The van der Waals surface area contributed by atoms with Crippen molar-refractivity contribution in [1.29, 1.82) is 0 Å². The second kappa shape index (κ2) is 7.17. The molecule has 2 N–H and O–H groups in total. The number of rotatable bonds is 5. The molecule has 0 bridgehead atoms. The van der Waals surface area contributed by atoms with E-state index in [2.05, 4.69) is 22.4 Å². The van der Waals surface area contributed by atoms with Crippen molar-refractivity contribution in [3.63, 3.8) is 0 Å². The largest absolute Gasteiger partial charge is 0.448 e. The van der Waals surface area contributed by atoms with Crippen LogP contribution in [0.25, 0.3) is 10.9 Å². The molecule has 25 heavy (non-hydrogen) atoms. The third kappa shape index (κ3) is 3.68. The van der Waals surface area contributed by atoms with Gasteiger partial charge in [0.1, 0.15) is 0 Å². The van der Waals surface area contributed by atoms with Gasteiger partial charge in [0, 0.05) is 11.1 Å². The Morgan fingerprint density at radius 3 is 2.60 bits per heavy atom. The summed E-state index contributed by atoms with van der Waals surface area (Å²) in [5.41, 5.74) is 2.75. The third-order valence-corrected chi connectivity index (χ3v) is 3.95. The molecule has 0 aliphatic carbocycles. The van der Waals surface area contributed by atoms with Crippen molar-refractivity contribution in [1.82, 2.24) is 10.2 Å². The highest BCUT2D eigenvalue weighted by Crippen LogP contribution is 2.17. The number of aromatic amines is 1. The fraction of sp³-hybridized carbons (Fsp3) is 0.211. The van der Waals surface area contributed by atoms with Gasteiger partial charge in [0.2, 0.25) is 0 Å². The molecule has 1 aromatic heterocycles. The van der Waals surface area contributed by atoms with Gasteiger partial charge in [-0.05, 0) is 37.1 Å². The van der Waals surface area contributed by atoms with E-state index in [9.17, 15) is 9.59 Å². The van der Waals surface area contributed by atoms with Crippen molar-refractivity contribution >= 4 is 28.5 Å². The highest BCUT2D eigenvalue weighted by Gasteiger charge is 2.22. The lowest BCUT2D eigenvalue weighted by Crippen LogP contribution is -2.30. The number of nitrogens with zero attached hydrogens (tertiary/aromatic N) is 1. The Balaban J connectivity index is 1.65. The number of carbonyl (C=O) groups excluding carboxylic acids is 2. The Morgan fingerprint density at radius 2 is 1.88 bits per heavy atom. The van der Waals surface area contributed by atoms with E-state index in [0.717, 1.165) is 11.9 Å². The van der Waals surface area contributed by atoms with Crippen molar-refractivity contribution in [2.75, 3.05) is 5.32 Å². The number of aryl methyl sites for hydroxylation is 1. The van der Waals surface area contributed by atoms with Gasteiger partial charge in [-0.25, -0.2) is 4.79 Å². The molecule has 0 fully saturated rings. The molecule has 0 spiro atoms. The van der Waals surface area contributed by atoms with Crippen LogP contribution in [-0.4, -0.2) is 28.2 Å². The van der Waals surface area contributed by atoms with Gasteiger partial charge in [-0.3, -0.25) is 9.89 Å². The number of nitrogens with one attached hydrogen (secondary N) is 2. The van der Waals surface area contributed by atoms with E-state index in [1.807, 2.05) is 42.5 Å². The number of hydrogen-bond acceptors (Lipinski definition) is 4. The lowest BCUT2D eigenvalue weighted by atomic mass is 10.1. The topological polar surface area (TPSA) is 84.1 Å². The van der Waals surface area contributed by atoms with Gasteiger partial charge < -0.3 is 10.1 Å². The average Bonchev–Trinajstić information content (AvgIpc) is 3.06. The summed E-state index contributed by atoms with van der Waals surface area (Å²) in [5.74, 6) is -1.03. The van der Waals surface area contributed by atoms with Crippen LogP contribution >= 0.6 is 0 Å². The molecular weight excluding hydrogens is 318 g/mol. The normalized spacial score (nSPS) is 11.9. The summed E-state index contributed by atoms with van der Waals surface area (Å²) < 4.78 is 5.25. The van der Waals surface area contributed by atoms with Crippen LogP contribution in [0.4, 0.5) is 5.69 Å². The zero-order valence-corrected chi connectivity index (χ0v) is 14.1. The highest BCUT2D eigenvalue weighted by molar-refractivity contribution is 6.03. The van der Waals surface area contributed by atoms with Crippen LogP contribution in [0, 0.1) is 0 Å². The molecule has 0 unspecified atom stereocenters. The highest BCUT2D eigenvalue weighted by atomic mass is 16.5. The number of ether oxygens (including phenoxy) is 1. The molecule has 0 radical (unpaired) electrons. The fourth-order valence-corrected chi connectivity index (χ4v) is 2.46. The number of esters is 1. The summed E-state index contributed by atoms with van der Waals surface area (Å²) in [7, 11) is 0. The van der Waals surface area contributed by atoms with Gasteiger partial charge in [-0.15, -0.1) is 0 Å². The zero-order valence-electron chi connectivity index (χ0n) is 14.1. The summed E-state index contributed by atoms with van der Waals surface area (Å²) in [6, 6.07) is 14.8. The van der Waals surface area contributed by atoms with E-state index < -0.39 is 18.0 Å². The van der Waals surface area contributed by atoms with Gasteiger partial charge in [0.15, 0.2) is 11.8 Å². The molecule has 1 atom stereocenters. The van der Waals surface area contributed by atoms with Crippen molar-refractivity contribution in [2.45, 2.75) is 26.4 Å². The monoisotopic (exact) mass is 337 g/mol. The molecule has 128 valence electrons. The van der Waals surface area contributed by atoms with Crippen LogP contribution in [0.3, 0.4) is 0 Å². The smallest absolute Gasteiger partial charge is 0.360 e. The molecule has 1 amide bonds. The van der Waals surface area contributed by atoms with E-state index in [1.165, 1.54) is 12.5 Å². The number of benzene rings is 2. The summed E-state index contributed by atoms with van der Waals surface area (Å²) in [4.78, 5) is 24.5. The maximum atomic E-state index is 12.3. The first kappa shape index (κ1) is 16.7. The Bertz CT molecular complexity index is 900. The molecule has 2 aromatic carbocycles. The Labute approximate surface area is 145 Å². The van der Waals surface area contributed by atoms with Crippen LogP contribution in [-0.2, 0) is 16.0 Å². The maximum Gasteiger partial charge on any atom is 0.360 e. The zero-order chi connectivity index (χ0) is 17.8. The van der Waals surface area contributed by atoms with Crippen LogP contribution in [0.15, 0.2) is 48.5 Å². The Morgan fingerprint density at radius 1 is 1.16 bits per heavy atom. The summed E-state index contributed by atoms with van der Waals surface area (Å²) >= 11 is 0. The molecule has 0 aliphatic heterocycles. The number of amides is 1. The van der Waals surface area contributed by atoms with Crippen molar-refractivity contribution < 1.29 is 14.3 Å². The molecule has 1 heterocycles. The minimum absolute atomic E-state index is 0.169. The molecule has 0 saturated carbocycles. The summed E-state index contributed by atoms with van der Waals surface area (Å²) in [5, 5.41) is 10.1. The summed E-state index contributed by atoms with van der Waals surface area (Å²) in [6.07, 6.45) is -0.00586. The second-order valence-corrected chi connectivity index (χ2v) is 5.71. The number of para-hydroxylation sites is 1. The second-order valence-electron chi connectivity index (χ2n) is 5.71. The number of H-pyrrole nitrogens is 1. The molecule has 6 nitrogen and oxygen atoms in total. The Kier molecular flexibility index (Phi) is 4.79. The number of aromatic nitrogens is 2. The first-order chi connectivity index (χ1) is 12.1. The predicted molar refractivity (Wildman–Crippen MR) is 95.4 cm³/mol. The quantitative estimate of drug-likeness (QED) is 0.700. The minimum atomic E-state index is -0.936. The van der Waals surface area contributed by atoms with E-state index in [1.54, 1.807) is 6.07 Å². The van der Waals surface area contributed by atoms with Gasteiger partial charge in [-0.2, -0.15) is 5.10 Å². The Hall–Kier alpha value is -3.15. The lowest BCUT2D eigenvalue weighted by molar-refractivity contribution is -0.123.